The number of hydrogen-bond donors (Lipinski definition) is 0. The van der Waals surface area contributed by atoms with Crippen LogP contribution in [0.4, 0.5) is 5.00 Å². The Morgan fingerprint density at radius 3 is 1.96 bits per heavy atom. The summed E-state index contributed by atoms with van der Waals surface area (Å²) in [5, 5.41) is 3.45. The van der Waals surface area contributed by atoms with Crippen LogP contribution in [0.2, 0.25) is 0 Å². The Morgan fingerprint density at radius 2 is 1.43 bits per heavy atom. The molecule has 0 N–H and O–H groups in total. The molecule has 1 nitrogen and oxygen atoms in total. The zero-order chi connectivity index (χ0) is 16.6. The minimum absolute atomic E-state index is 1.22. The molecular weight excluding hydrogens is 298 g/mol. The minimum atomic E-state index is 1.22. The van der Waals surface area contributed by atoms with Gasteiger partial charge in [-0.15, -0.1) is 11.3 Å². The molecule has 1 rings (SSSR count). The highest BCUT2D eigenvalue weighted by atomic mass is 32.1. The summed E-state index contributed by atoms with van der Waals surface area (Å²) < 4.78 is 0. The van der Waals surface area contributed by atoms with Gasteiger partial charge in [0.2, 0.25) is 0 Å². The Kier molecular flexibility index (Phi) is 13.1. The van der Waals surface area contributed by atoms with E-state index < -0.39 is 0 Å². The summed E-state index contributed by atoms with van der Waals surface area (Å²) in [5.74, 6) is 0. The summed E-state index contributed by atoms with van der Waals surface area (Å²) in [6.45, 7) is 2.29. The molecule has 0 amide bonds. The van der Waals surface area contributed by atoms with Crippen LogP contribution in [-0.2, 0) is 0 Å². The van der Waals surface area contributed by atoms with Crippen LogP contribution in [-0.4, -0.2) is 7.05 Å². The lowest BCUT2D eigenvalue weighted by molar-refractivity contribution is 0.545. The topological polar surface area (TPSA) is 3.24 Å². The Balaban J connectivity index is 1.81. The first kappa shape index (κ1) is 20.3. The largest absolute Gasteiger partial charge is 0.343 e. The molecule has 0 aliphatic rings. The zero-order valence-electron chi connectivity index (χ0n) is 15.4. The predicted octanol–water partition coefficient (Wildman–Crippen LogP) is 7.79. The molecule has 0 aliphatic heterocycles. The van der Waals surface area contributed by atoms with Gasteiger partial charge in [0.05, 0.1) is 5.00 Å². The fraction of sp³-hybridized carbons (Fsp3) is 0.714. The summed E-state index contributed by atoms with van der Waals surface area (Å²) in [5.41, 5.74) is 0. The molecule has 1 aromatic rings. The van der Waals surface area contributed by atoms with E-state index in [1.807, 2.05) is 0 Å². The molecule has 0 saturated heterocycles. The van der Waals surface area contributed by atoms with Gasteiger partial charge >= 0.3 is 0 Å². The molecule has 0 bridgehead atoms. The van der Waals surface area contributed by atoms with Gasteiger partial charge in [0.1, 0.15) is 0 Å². The lowest BCUT2D eigenvalue weighted by Gasteiger charge is -2.10. The van der Waals surface area contributed by atoms with Gasteiger partial charge in [-0.1, -0.05) is 83.6 Å². The highest BCUT2D eigenvalue weighted by Gasteiger charge is 1.96. The molecule has 2 heteroatoms. The van der Waals surface area contributed by atoms with Crippen molar-refractivity contribution in [3.63, 3.8) is 0 Å². The third kappa shape index (κ3) is 11.4. The van der Waals surface area contributed by atoms with E-state index in [-0.39, 0.29) is 0 Å². The molecule has 1 heterocycles. The van der Waals surface area contributed by atoms with Gasteiger partial charge in [0.25, 0.3) is 0 Å². The standard InChI is InChI=1S/C21H37NS/c1-3-4-5-6-7-8-9-10-11-12-13-14-15-16-19-22(2)21-18-17-20-23-21/h16-20H,3-15H2,1-2H3. The van der Waals surface area contributed by atoms with Crippen LogP contribution in [0.5, 0.6) is 0 Å². The van der Waals surface area contributed by atoms with Crippen LogP contribution in [0.25, 0.3) is 0 Å². The van der Waals surface area contributed by atoms with Crippen molar-refractivity contribution >= 4 is 16.3 Å². The summed E-state index contributed by atoms with van der Waals surface area (Å²) >= 11 is 1.79. The quantitative estimate of drug-likeness (QED) is 0.296. The van der Waals surface area contributed by atoms with Crippen molar-refractivity contribution < 1.29 is 0 Å². The van der Waals surface area contributed by atoms with Crippen molar-refractivity contribution in [3.8, 4) is 0 Å². The van der Waals surface area contributed by atoms with Crippen LogP contribution < -0.4 is 4.90 Å². The Morgan fingerprint density at radius 1 is 0.870 bits per heavy atom. The average molecular weight is 336 g/mol. The number of nitrogens with zero attached hydrogens (tertiary/aromatic N) is 1. The van der Waals surface area contributed by atoms with E-state index >= 15 is 0 Å². The lowest BCUT2D eigenvalue weighted by Crippen LogP contribution is -2.05. The summed E-state index contributed by atoms with van der Waals surface area (Å²) in [4.78, 5) is 2.21. The van der Waals surface area contributed by atoms with E-state index in [1.165, 1.54) is 88.5 Å². The van der Waals surface area contributed by atoms with Crippen LogP contribution in [0.3, 0.4) is 0 Å². The predicted molar refractivity (Wildman–Crippen MR) is 108 cm³/mol. The second kappa shape index (κ2) is 14.8. The number of hydrogen-bond acceptors (Lipinski definition) is 2. The third-order valence-electron chi connectivity index (χ3n) is 4.41. The first-order valence-corrected chi connectivity index (χ1v) is 10.7. The van der Waals surface area contributed by atoms with Crippen molar-refractivity contribution in [1.29, 1.82) is 0 Å². The van der Waals surface area contributed by atoms with Crippen LogP contribution in [0.15, 0.2) is 29.8 Å². The van der Waals surface area contributed by atoms with E-state index in [4.69, 9.17) is 0 Å². The van der Waals surface area contributed by atoms with Gasteiger partial charge < -0.3 is 4.90 Å². The van der Waals surface area contributed by atoms with Crippen molar-refractivity contribution in [2.45, 2.75) is 90.4 Å². The highest BCUT2D eigenvalue weighted by Crippen LogP contribution is 2.20. The van der Waals surface area contributed by atoms with Gasteiger partial charge in [-0.05, 0) is 30.4 Å². The fourth-order valence-electron chi connectivity index (χ4n) is 2.88. The first-order valence-electron chi connectivity index (χ1n) is 9.77. The second-order valence-corrected chi connectivity index (χ2v) is 7.55. The summed E-state index contributed by atoms with van der Waals surface area (Å²) in [7, 11) is 2.13. The number of thiophene rings is 1. The van der Waals surface area contributed by atoms with Gasteiger partial charge in [0, 0.05) is 13.2 Å². The Bertz CT molecular complexity index is 369. The van der Waals surface area contributed by atoms with Gasteiger partial charge in [-0.25, -0.2) is 0 Å². The van der Waals surface area contributed by atoms with Crippen molar-refractivity contribution in [1.82, 2.24) is 0 Å². The molecular formula is C21H37NS. The number of allylic oxidation sites excluding steroid dienone is 1. The molecule has 0 fully saturated rings. The first-order chi connectivity index (χ1) is 11.3. The van der Waals surface area contributed by atoms with Crippen molar-refractivity contribution in [2.75, 3.05) is 11.9 Å². The molecule has 0 aliphatic carbocycles. The van der Waals surface area contributed by atoms with E-state index in [0.29, 0.717) is 0 Å². The second-order valence-electron chi connectivity index (χ2n) is 6.62. The molecule has 0 atom stereocenters. The maximum atomic E-state index is 2.32. The maximum absolute atomic E-state index is 2.32. The lowest BCUT2D eigenvalue weighted by atomic mass is 10.0. The van der Waals surface area contributed by atoms with E-state index in [0.717, 1.165) is 0 Å². The average Bonchev–Trinajstić information content (AvgIpc) is 3.09. The minimum Gasteiger partial charge on any atom is -0.343 e. The molecule has 1 aromatic heterocycles. The Hall–Kier alpha value is -0.760. The van der Waals surface area contributed by atoms with Crippen molar-refractivity contribution in [3.05, 3.63) is 29.8 Å². The fourth-order valence-corrected chi connectivity index (χ4v) is 3.56. The van der Waals surface area contributed by atoms with E-state index in [9.17, 15) is 0 Å². The third-order valence-corrected chi connectivity index (χ3v) is 5.37. The molecule has 0 unspecified atom stereocenters. The SMILES string of the molecule is CCCCCCCCCCCCCCC=CN(C)c1cccs1. The number of anilines is 1. The molecule has 0 radical (unpaired) electrons. The zero-order valence-corrected chi connectivity index (χ0v) is 16.3. The highest BCUT2D eigenvalue weighted by molar-refractivity contribution is 7.14. The monoisotopic (exact) mass is 335 g/mol. The van der Waals surface area contributed by atoms with Crippen LogP contribution in [0, 0.1) is 0 Å². The molecule has 23 heavy (non-hydrogen) atoms. The maximum Gasteiger partial charge on any atom is 0.0945 e. The Labute approximate surface area is 148 Å². The van der Waals surface area contributed by atoms with Crippen LogP contribution in [0.1, 0.15) is 90.4 Å². The van der Waals surface area contributed by atoms with Gasteiger partial charge in [-0.3, -0.25) is 0 Å². The smallest absolute Gasteiger partial charge is 0.0945 e. The van der Waals surface area contributed by atoms with Gasteiger partial charge in [0.15, 0.2) is 0 Å². The van der Waals surface area contributed by atoms with Gasteiger partial charge in [-0.2, -0.15) is 0 Å². The molecule has 0 spiro atoms. The van der Waals surface area contributed by atoms with E-state index in [1.54, 1.807) is 11.3 Å². The normalized spacial score (nSPS) is 11.4. The van der Waals surface area contributed by atoms with Crippen molar-refractivity contribution in [2.24, 2.45) is 0 Å². The molecule has 0 saturated carbocycles. The van der Waals surface area contributed by atoms with E-state index in [2.05, 4.69) is 48.7 Å². The summed E-state index contributed by atoms with van der Waals surface area (Å²) in [6, 6.07) is 4.27. The summed E-state index contributed by atoms with van der Waals surface area (Å²) in [6.07, 6.45) is 22.9. The molecule has 0 aromatic carbocycles. The number of unbranched alkanes of at least 4 members (excludes halogenated alkanes) is 12. The van der Waals surface area contributed by atoms with Crippen LogP contribution >= 0.6 is 11.3 Å². The number of rotatable bonds is 15. The molecule has 132 valence electrons.